The first kappa shape index (κ1) is 28.3. The summed E-state index contributed by atoms with van der Waals surface area (Å²) in [5.74, 6) is 0.960. The fraction of sp³-hybridized carbons (Fsp3) is 0.400. The maximum atomic E-state index is 10.8. The van der Waals surface area contributed by atoms with Gasteiger partial charge in [0.1, 0.15) is 30.0 Å². The van der Waals surface area contributed by atoms with E-state index < -0.39 is 0 Å². The van der Waals surface area contributed by atoms with Crippen molar-refractivity contribution in [1.82, 2.24) is 35.1 Å². The second-order valence-corrected chi connectivity index (χ2v) is 10.8. The molecule has 222 valence electrons. The van der Waals surface area contributed by atoms with Gasteiger partial charge >= 0.3 is 0 Å². The quantitative estimate of drug-likeness (QED) is 0.279. The Balaban J connectivity index is 1.08. The summed E-state index contributed by atoms with van der Waals surface area (Å²) in [6.07, 6.45) is 6.83. The van der Waals surface area contributed by atoms with E-state index in [1.54, 1.807) is 35.3 Å². The van der Waals surface area contributed by atoms with Crippen LogP contribution < -0.4 is 15.0 Å². The molecule has 13 nitrogen and oxygen atoms in total. The lowest BCUT2D eigenvalue weighted by Gasteiger charge is -2.40. The molecular weight excluding hydrogens is 548 g/mol. The highest BCUT2D eigenvalue weighted by Gasteiger charge is 2.26. The van der Waals surface area contributed by atoms with Gasteiger partial charge in [0.25, 0.3) is 0 Å². The van der Waals surface area contributed by atoms with Gasteiger partial charge < -0.3 is 24.8 Å². The molecule has 6 rings (SSSR count). The van der Waals surface area contributed by atoms with Crippen LogP contribution in [0, 0.1) is 11.3 Å². The molecule has 0 bridgehead atoms. The van der Waals surface area contributed by atoms with Crippen LogP contribution in [0.15, 0.2) is 55.1 Å². The van der Waals surface area contributed by atoms with Crippen LogP contribution in [0.25, 0.3) is 11.1 Å². The van der Waals surface area contributed by atoms with Crippen LogP contribution in [-0.2, 0) is 11.3 Å². The van der Waals surface area contributed by atoms with E-state index in [0.29, 0.717) is 35.5 Å². The van der Waals surface area contributed by atoms with E-state index in [2.05, 4.69) is 46.7 Å². The average molecular weight is 583 g/mol. The molecule has 0 unspecified atom stereocenters. The third-order valence-corrected chi connectivity index (χ3v) is 7.87. The minimum atomic E-state index is -0.269. The van der Waals surface area contributed by atoms with Crippen molar-refractivity contribution < 1.29 is 14.6 Å². The third-order valence-electron chi connectivity index (χ3n) is 7.87. The van der Waals surface area contributed by atoms with Gasteiger partial charge in [-0.3, -0.25) is 4.90 Å². The summed E-state index contributed by atoms with van der Waals surface area (Å²) in [5, 5.41) is 34.6. The van der Waals surface area contributed by atoms with Gasteiger partial charge in [-0.15, -0.1) is 5.10 Å². The smallest absolute Gasteiger partial charge is 0.227 e. The molecule has 2 aromatic heterocycles. The van der Waals surface area contributed by atoms with E-state index >= 15 is 0 Å². The highest BCUT2D eigenvalue weighted by atomic mass is 16.5. The first-order valence-corrected chi connectivity index (χ1v) is 14.5. The maximum Gasteiger partial charge on any atom is 0.227 e. The van der Waals surface area contributed by atoms with Crippen LogP contribution in [-0.4, -0.2) is 91.7 Å². The normalized spacial score (nSPS) is 16.9. The molecule has 13 heteroatoms. The Kier molecular flexibility index (Phi) is 8.57. The van der Waals surface area contributed by atoms with Gasteiger partial charge in [0.15, 0.2) is 0 Å². The Labute approximate surface area is 249 Å². The molecule has 0 radical (unpaired) electrons. The molecule has 2 saturated heterocycles. The van der Waals surface area contributed by atoms with Crippen molar-refractivity contribution in [1.29, 1.82) is 5.26 Å². The van der Waals surface area contributed by atoms with E-state index in [1.807, 2.05) is 25.1 Å². The largest absolute Gasteiger partial charge is 0.506 e. The fourth-order valence-electron chi connectivity index (χ4n) is 5.59. The summed E-state index contributed by atoms with van der Waals surface area (Å²) < 4.78 is 13.1. The second-order valence-electron chi connectivity index (χ2n) is 10.8. The number of phenols is 1. The van der Waals surface area contributed by atoms with Gasteiger partial charge in [0.05, 0.1) is 31.0 Å². The molecule has 0 saturated carbocycles. The number of hydrogen-bond acceptors (Lipinski definition) is 12. The molecule has 0 spiro atoms. The highest BCUT2D eigenvalue weighted by molar-refractivity contribution is 5.69. The lowest BCUT2D eigenvalue weighted by Crippen LogP contribution is -2.49. The van der Waals surface area contributed by atoms with Crippen molar-refractivity contribution >= 4 is 17.3 Å². The second kappa shape index (κ2) is 13.0. The zero-order valence-corrected chi connectivity index (χ0v) is 24.0. The Hall–Kier alpha value is -4.80. The van der Waals surface area contributed by atoms with Crippen LogP contribution in [0.3, 0.4) is 0 Å². The number of morpholine rings is 1. The molecule has 1 atom stereocenters. The number of nitrogens with one attached hydrogen (secondary N) is 1. The number of nitrogens with zero attached hydrogens (tertiary/aromatic N) is 9. The molecule has 0 aliphatic carbocycles. The fourth-order valence-corrected chi connectivity index (χ4v) is 5.59. The number of hydrogen-bond donors (Lipinski definition) is 2. The molecule has 2 aliphatic heterocycles. The Morgan fingerprint density at radius 2 is 1.86 bits per heavy atom. The summed E-state index contributed by atoms with van der Waals surface area (Å²) in [6, 6.07) is 13.8. The number of piperidine rings is 1. The molecule has 4 aromatic rings. The van der Waals surface area contributed by atoms with Gasteiger partial charge in [0, 0.05) is 61.9 Å². The Morgan fingerprint density at radius 1 is 1.07 bits per heavy atom. The maximum absolute atomic E-state index is 10.8. The van der Waals surface area contributed by atoms with E-state index in [9.17, 15) is 10.4 Å². The van der Waals surface area contributed by atoms with Crippen LogP contribution >= 0.6 is 0 Å². The van der Waals surface area contributed by atoms with Gasteiger partial charge in [-0.1, -0.05) is 6.07 Å². The van der Waals surface area contributed by atoms with Gasteiger partial charge in [-0.25, -0.2) is 14.6 Å². The van der Waals surface area contributed by atoms with Crippen LogP contribution in [0.2, 0.25) is 0 Å². The molecule has 4 heterocycles. The van der Waals surface area contributed by atoms with Crippen molar-refractivity contribution in [2.45, 2.75) is 38.5 Å². The lowest BCUT2D eigenvalue weighted by molar-refractivity contribution is 0.0115. The molecule has 2 N–H and O–H groups in total. The third kappa shape index (κ3) is 6.82. The zero-order valence-electron chi connectivity index (χ0n) is 24.0. The molecule has 0 amide bonds. The Bertz CT molecular complexity index is 1540. The van der Waals surface area contributed by atoms with Crippen molar-refractivity contribution in [3.63, 3.8) is 0 Å². The number of nitriles is 1. The van der Waals surface area contributed by atoms with Gasteiger partial charge in [0.2, 0.25) is 5.95 Å². The topological polar surface area (TPSA) is 150 Å². The van der Waals surface area contributed by atoms with Crippen molar-refractivity contribution in [3.8, 4) is 28.7 Å². The molecule has 2 aromatic carbocycles. The minimum Gasteiger partial charge on any atom is -0.506 e. The average Bonchev–Trinajstić information content (AvgIpc) is 3.56. The van der Waals surface area contributed by atoms with Crippen molar-refractivity contribution in [2.24, 2.45) is 0 Å². The van der Waals surface area contributed by atoms with E-state index in [1.165, 1.54) is 6.33 Å². The monoisotopic (exact) mass is 582 g/mol. The number of aromatic hydroxyl groups is 1. The highest BCUT2D eigenvalue weighted by Crippen LogP contribution is 2.33. The van der Waals surface area contributed by atoms with Gasteiger partial charge in [-0.05, 0) is 60.0 Å². The summed E-state index contributed by atoms with van der Waals surface area (Å²) in [5.41, 5.74) is 3.52. The number of anilines is 3. The van der Waals surface area contributed by atoms with E-state index in [-0.39, 0.29) is 11.9 Å². The number of ether oxygens (including phenoxy) is 2. The number of rotatable bonds is 9. The van der Waals surface area contributed by atoms with E-state index in [0.717, 1.165) is 69.0 Å². The molecule has 2 aliphatic rings. The van der Waals surface area contributed by atoms with Crippen molar-refractivity contribution in [2.75, 3.05) is 49.6 Å². The summed E-state index contributed by atoms with van der Waals surface area (Å²) in [7, 11) is 0. The minimum absolute atomic E-state index is 0.144. The molecule has 2 fully saturated rings. The van der Waals surface area contributed by atoms with Gasteiger partial charge in [-0.2, -0.15) is 5.26 Å². The van der Waals surface area contributed by atoms with E-state index in [4.69, 9.17) is 9.47 Å². The SMILES string of the molecule is C[C@@H](Cn1cnnn1)Oc1cc(-c2cnc(Nc3ccc(N4CCC(N5CCOCC5)CC4)cc3O)nc2)ccc1C#N. The number of aromatic nitrogens is 6. The summed E-state index contributed by atoms with van der Waals surface area (Å²) in [4.78, 5) is 13.8. The number of phenolic OH excluding ortho intramolecular Hbond substituents is 1. The lowest BCUT2D eigenvalue weighted by atomic mass is 10.0. The molecule has 43 heavy (non-hydrogen) atoms. The molecular formula is C30H34N10O3. The Morgan fingerprint density at radius 3 is 2.56 bits per heavy atom. The summed E-state index contributed by atoms with van der Waals surface area (Å²) in [6.45, 7) is 7.91. The van der Waals surface area contributed by atoms with Crippen LogP contribution in [0.1, 0.15) is 25.3 Å². The first-order chi connectivity index (χ1) is 21.1. The predicted octanol–water partition coefficient (Wildman–Crippen LogP) is 3.22. The number of benzene rings is 2. The van der Waals surface area contributed by atoms with Crippen LogP contribution in [0.4, 0.5) is 17.3 Å². The standard InChI is InChI=1S/C30H34N10O3/c1-21(19-40-20-34-36-37-40)43-29-14-22(2-3-23(29)16-31)24-17-32-30(33-18-24)35-27-5-4-26(15-28(27)41)38-8-6-25(7-9-38)39-10-12-42-13-11-39/h2-5,14-15,17-18,20-21,25,41H,6-13,19H2,1H3,(H,32,33,35)/t21-/m0/s1. The first-order valence-electron chi connectivity index (χ1n) is 14.5. The predicted molar refractivity (Wildman–Crippen MR) is 159 cm³/mol. The zero-order chi connectivity index (χ0) is 29.6. The summed E-state index contributed by atoms with van der Waals surface area (Å²) >= 11 is 0. The van der Waals surface area contributed by atoms with Crippen molar-refractivity contribution in [3.05, 3.63) is 60.7 Å². The van der Waals surface area contributed by atoms with Crippen LogP contribution in [0.5, 0.6) is 11.5 Å². The number of tetrazole rings is 1.